The van der Waals surface area contributed by atoms with E-state index in [9.17, 15) is 0 Å². The molecule has 18 heavy (non-hydrogen) atoms. The van der Waals surface area contributed by atoms with E-state index in [4.69, 9.17) is 10.00 Å². The molecule has 0 amide bonds. The van der Waals surface area contributed by atoms with Crippen LogP contribution >= 0.6 is 0 Å². The normalized spacial score (nSPS) is 12.3. The number of aryl methyl sites for hydroxylation is 3. The van der Waals surface area contributed by atoms with Gasteiger partial charge < -0.3 is 9.64 Å². The van der Waals surface area contributed by atoms with Crippen LogP contribution in [0.3, 0.4) is 0 Å². The van der Waals surface area contributed by atoms with Gasteiger partial charge in [0.2, 0.25) is 0 Å². The summed E-state index contributed by atoms with van der Waals surface area (Å²) in [5, 5.41) is 8.80. The topological polar surface area (TPSA) is 36.3 Å². The van der Waals surface area contributed by atoms with E-state index in [1.54, 1.807) is 0 Å². The lowest BCUT2D eigenvalue weighted by atomic mass is 10.1. The van der Waals surface area contributed by atoms with E-state index >= 15 is 0 Å². The largest absolute Gasteiger partial charge is 0.491 e. The summed E-state index contributed by atoms with van der Waals surface area (Å²) in [6.07, 6.45) is 0.483. The molecule has 0 aromatic heterocycles. The molecular formula is C15H22N2O. The smallest absolute Gasteiger partial charge is 0.125 e. The lowest BCUT2D eigenvalue weighted by molar-refractivity contribution is 0.186. The van der Waals surface area contributed by atoms with Gasteiger partial charge in [0.05, 0.1) is 18.5 Å². The van der Waals surface area contributed by atoms with Crippen LogP contribution in [-0.2, 0) is 0 Å². The molecule has 0 aliphatic rings. The van der Waals surface area contributed by atoms with Gasteiger partial charge in [-0.15, -0.1) is 0 Å². The maximum atomic E-state index is 8.80. The molecule has 0 aliphatic heterocycles. The molecule has 0 spiro atoms. The van der Waals surface area contributed by atoms with E-state index < -0.39 is 0 Å². The molecule has 0 bridgehead atoms. The molecule has 0 saturated heterocycles. The highest BCUT2D eigenvalue weighted by molar-refractivity contribution is 5.42. The van der Waals surface area contributed by atoms with Gasteiger partial charge in [0.15, 0.2) is 0 Å². The molecule has 1 unspecified atom stereocenters. The predicted molar refractivity (Wildman–Crippen MR) is 73.9 cm³/mol. The van der Waals surface area contributed by atoms with E-state index in [-0.39, 0.29) is 6.04 Å². The fourth-order valence-electron chi connectivity index (χ4n) is 2.07. The molecule has 1 atom stereocenters. The van der Waals surface area contributed by atoms with Crippen molar-refractivity contribution in [1.29, 1.82) is 5.26 Å². The van der Waals surface area contributed by atoms with Gasteiger partial charge in [0.1, 0.15) is 12.4 Å². The average molecular weight is 246 g/mol. The van der Waals surface area contributed by atoms with Crippen LogP contribution in [0, 0.1) is 32.1 Å². The second kappa shape index (κ2) is 6.42. The van der Waals surface area contributed by atoms with Crippen LogP contribution < -0.4 is 4.74 Å². The van der Waals surface area contributed by atoms with Gasteiger partial charge in [-0.05, 0) is 46.0 Å². The van der Waals surface area contributed by atoms with Gasteiger partial charge in [-0.1, -0.05) is 17.7 Å². The fraction of sp³-hybridized carbons (Fsp3) is 0.533. The van der Waals surface area contributed by atoms with Crippen molar-refractivity contribution in [2.24, 2.45) is 0 Å². The number of ether oxygens (including phenoxy) is 1. The molecule has 1 aromatic rings. The number of hydrogen-bond acceptors (Lipinski definition) is 3. The molecule has 0 saturated carbocycles. The minimum atomic E-state index is 0.134. The van der Waals surface area contributed by atoms with E-state index in [1.807, 2.05) is 19.0 Å². The van der Waals surface area contributed by atoms with Crippen molar-refractivity contribution in [3.63, 3.8) is 0 Å². The highest BCUT2D eigenvalue weighted by Crippen LogP contribution is 2.24. The van der Waals surface area contributed by atoms with Gasteiger partial charge >= 0.3 is 0 Å². The molecule has 0 heterocycles. The average Bonchev–Trinajstić information content (AvgIpc) is 2.25. The summed E-state index contributed by atoms with van der Waals surface area (Å²) in [5.74, 6) is 0.949. The third kappa shape index (κ3) is 3.75. The van der Waals surface area contributed by atoms with Crippen LogP contribution in [0.4, 0.5) is 0 Å². The minimum absolute atomic E-state index is 0.134. The number of nitriles is 1. The molecule has 0 fully saturated rings. The lowest BCUT2D eigenvalue weighted by Gasteiger charge is -2.23. The van der Waals surface area contributed by atoms with E-state index in [2.05, 4.69) is 39.0 Å². The van der Waals surface area contributed by atoms with Crippen LogP contribution in [0.25, 0.3) is 0 Å². The Hall–Kier alpha value is -1.53. The number of hydrogen-bond donors (Lipinski definition) is 0. The van der Waals surface area contributed by atoms with Crippen LogP contribution in [-0.4, -0.2) is 31.6 Å². The zero-order valence-electron chi connectivity index (χ0n) is 11.9. The van der Waals surface area contributed by atoms with Crippen molar-refractivity contribution in [1.82, 2.24) is 4.90 Å². The quantitative estimate of drug-likeness (QED) is 0.801. The Kier molecular flexibility index (Phi) is 5.18. The zero-order chi connectivity index (χ0) is 13.7. The Balaban J connectivity index is 2.77. The molecule has 0 aliphatic carbocycles. The van der Waals surface area contributed by atoms with Gasteiger partial charge in [-0.2, -0.15) is 5.26 Å². The maximum absolute atomic E-state index is 8.80. The molecule has 1 aromatic carbocycles. The lowest BCUT2D eigenvalue weighted by Crippen LogP contribution is -2.33. The second-order valence-electron chi connectivity index (χ2n) is 5.02. The summed E-state index contributed by atoms with van der Waals surface area (Å²) in [5.41, 5.74) is 3.56. The Morgan fingerprint density at radius 3 is 2.22 bits per heavy atom. The number of likely N-dealkylation sites (N-methyl/N-ethyl adjacent to an activating group) is 1. The minimum Gasteiger partial charge on any atom is -0.491 e. The Bertz CT molecular complexity index is 423. The Labute approximate surface area is 110 Å². The number of benzene rings is 1. The van der Waals surface area contributed by atoms with Gasteiger partial charge in [0.25, 0.3) is 0 Å². The monoisotopic (exact) mass is 246 g/mol. The van der Waals surface area contributed by atoms with Crippen molar-refractivity contribution < 1.29 is 4.74 Å². The summed E-state index contributed by atoms with van der Waals surface area (Å²) < 4.78 is 5.91. The third-order valence-electron chi connectivity index (χ3n) is 3.08. The first kappa shape index (κ1) is 14.5. The SMILES string of the molecule is Cc1cc(C)c(OCC(CC#N)N(C)C)c(C)c1. The van der Waals surface area contributed by atoms with Crippen molar-refractivity contribution in [2.45, 2.75) is 33.2 Å². The molecule has 0 radical (unpaired) electrons. The molecule has 3 nitrogen and oxygen atoms in total. The van der Waals surface area contributed by atoms with E-state index in [0.29, 0.717) is 13.0 Å². The molecule has 0 N–H and O–H groups in total. The summed E-state index contributed by atoms with van der Waals surface area (Å²) >= 11 is 0. The first-order valence-electron chi connectivity index (χ1n) is 6.19. The van der Waals surface area contributed by atoms with E-state index in [0.717, 1.165) is 16.9 Å². The summed E-state index contributed by atoms with van der Waals surface area (Å²) in [7, 11) is 3.94. The predicted octanol–water partition coefficient (Wildman–Crippen LogP) is 2.83. The van der Waals surface area contributed by atoms with Crippen LogP contribution in [0.5, 0.6) is 5.75 Å². The first-order valence-corrected chi connectivity index (χ1v) is 6.19. The molecule has 98 valence electrons. The van der Waals surface area contributed by atoms with Crippen molar-refractivity contribution in [3.05, 3.63) is 28.8 Å². The third-order valence-corrected chi connectivity index (χ3v) is 3.08. The van der Waals surface area contributed by atoms with Gasteiger partial charge in [-0.3, -0.25) is 0 Å². The van der Waals surface area contributed by atoms with Crippen molar-refractivity contribution >= 4 is 0 Å². The van der Waals surface area contributed by atoms with Crippen molar-refractivity contribution in [3.8, 4) is 11.8 Å². The van der Waals surface area contributed by atoms with Crippen molar-refractivity contribution in [2.75, 3.05) is 20.7 Å². The van der Waals surface area contributed by atoms with E-state index in [1.165, 1.54) is 5.56 Å². The summed E-state index contributed by atoms with van der Waals surface area (Å²) in [6.45, 7) is 6.75. The van der Waals surface area contributed by atoms with Gasteiger partial charge in [0, 0.05) is 0 Å². The fourth-order valence-corrected chi connectivity index (χ4v) is 2.07. The second-order valence-corrected chi connectivity index (χ2v) is 5.02. The number of nitrogens with zero attached hydrogens (tertiary/aromatic N) is 2. The van der Waals surface area contributed by atoms with Crippen LogP contribution in [0.1, 0.15) is 23.1 Å². The van der Waals surface area contributed by atoms with Crippen LogP contribution in [0.2, 0.25) is 0 Å². The number of rotatable bonds is 5. The standard InChI is InChI=1S/C15H22N2O/c1-11-8-12(2)15(13(3)9-11)18-10-14(6-7-16)17(4)5/h8-9,14H,6,10H2,1-5H3. The highest BCUT2D eigenvalue weighted by atomic mass is 16.5. The van der Waals surface area contributed by atoms with Gasteiger partial charge in [-0.25, -0.2) is 0 Å². The summed E-state index contributed by atoms with van der Waals surface area (Å²) in [6, 6.07) is 6.58. The maximum Gasteiger partial charge on any atom is 0.125 e. The highest BCUT2D eigenvalue weighted by Gasteiger charge is 2.13. The molecule has 3 heteroatoms. The Morgan fingerprint density at radius 2 is 1.78 bits per heavy atom. The Morgan fingerprint density at radius 1 is 1.22 bits per heavy atom. The summed E-state index contributed by atoms with van der Waals surface area (Å²) in [4.78, 5) is 2.03. The first-order chi connectivity index (χ1) is 8.45. The van der Waals surface area contributed by atoms with Crippen LogP contribution in [0.15, 0.2) is 12.1 Å². The molecule has 1 rings (SSSR count). The zero-order valence-corrected chi connectivity index (χ0v) is 11.9. The molecular weight excluding hydrogens is 224 g/mol.